The fraction of sp³-hybridized carbons (Fsp3) is 0.154. The van der Waals surface area contributed by atoms with Crippen LogP contribution in [0.5, 0.6) is 0 Å². The molecule has 0 aliphatic rings. The van der Waals surface area contributed by atoms with E-state index in [0.717, 1.165) is 5.56 Å². The number of hydrogen-bond donors (Lipinski definition) is 2. The molecule has 7 heteroatoms. The van der Waals surface area contributed by atoms with Crippen LogP contribution in [0, 0.1) is 13.8 Å². The topological polar surface area (TPSA) is 92.4 Å². The Labute approximate surface area is 119 Å². The van der Waals surface area contributed by atoms with Gasteiger partial charge in [0.2, 0.25) is 0 Å². The maximum absolute atomic E-state index is 11.1. The Morgan fingerprint density at radius 3 is 2.35 bits per heavy atom. The number of carbonyl (C=O) groups is 2. The second-order valence-electron chi connectivity index (χ2n) is 4.27. The van der Waals surface area contributed by atoms with Gasteiger partial charge in [-0.3, -0.25) is 0 Å². The normalized spacial score (nSPS) is 10.6. The Morgan fingerprint density at radius 1 is 1.20 bits per heavy atom. The molecular formula is C13H11ClN2O4. The Bertz CT molecular complexity index is 721. The first-order chi connectivity index (χ1) is 9.32. The van der Waals surface area contributed by atoms with Gasteiger partial charge in [-0.1, -0.05) is 17.7 Å². The number of nitrogens with zero attached hydrogens (tertiary/aromatic N) is 2. The molecule has 0 aliphatic carbocycles. The highest BCUT2D eigenvalue weighted by Crippen LogP contribution is 2.25. The molecule has 0 unspecified atom stereocenters. The molecule has 104 valence electrons. The molecule has 0 spiro atoms. The van der Waals surface area contributed by atoms with Gasteiger partial charge in [0.25, 0.3) is 0 Å². The number of rotatable bonds is 3. The standard InChI is InChI=1S/C13H11ClN2O4/c1-6-3-4-8(12(17)18)5-9(6)16-11(14)10(13(19)20)7(2)15-16/h3-5H,1-2H3,(H,17,18)(H,19,20). The molecule has 6 nitrogen and oxygen atoms in total. The molecule has 20 heavy (non-hydrogen) atoms. The first-order valence-corrected chi connectivity index (χ1v) is 6.03. The predicted octanol–water partition coefficient (Wildman–Crippen LogP) is 2.54. The summed E-state index contributed by atoms with van der Waals surface area (Å²) in [6, 6.07) is 4.48. The second-order valence-corrected chi connectivity index (χ2v) is 4.63. The summed E-state index contributed by atoms with van der Waals surface area (Å²) in [5, 5.41) is 22.1. The van der Waals surface area contributed by atoms with Gasteiger partial charge in [0.05, 0.1) is 16.9 Å². The van der Waals surface area contributed by atoms with E-state index >= 15 is 0 Å². The molecule has 2 N–H and O–H groups in total. The van der Waals surface area contributed by atoms with Crippen molar-refractivity contribution in [2.45, 2.75) is 13.8 Å². The fourth-order valence-corrected chi connectivity index (χ4v) is 2.22. The van der Waals surface area contributed by atoms with Crippen LogP contribution in [0.3, 0.4) is 0 Å². The minimum atomic E-state index is -1.18. The van der Waals surface area contributed by atoms with E-state index in [4.69, 9.17) is 21.8 Å². The van der Waals surface area contributed by atoms with Gasteiger partial charge in [0.1, 0.15) is 10.7 Å². The Kier molecular flexibility index (Phi) is 3.50. The predicted molar refractivity (Wildman–Crippen MR) is 72.0 cm³/mol. The number of aryl methyl sites for hydroxylation is 2. The van der Waals surface area contributed by atoms with Crippen LogP contribution in [0.1, 0.15) is 32.0 Å². The van der Waals surface area contributed by atoms with Gasteiger partial charge < -0.3 is 10.2 Å². The third kappa shape index (κ3) is 2.25. The van der Waals surface area contributed by atoms with Crippen LogP contribution in [-0.4, -0.2) is 31.9 Å². The molecule has 0 amide bonds. The number of carboxylic acid groups (broad SMARTS) is 2. The van der Waals surface area contributed by atoms with Crippen molar-refractivity contribution < 1.29 is 19.8 Å². The van der Waals surface area contributed by atoms with E-state index in [1.165, 1.54) is 23.7 Å². The SMILES string of the molecule is Cc1ccc(C(=O)O)cc1-n1nc(C)c(C(=O)O)c1Cl. The number of carboxylic acids is 2. The van der Waals surface area contributed by atoms with Crippen LogP contribution >= 0.6 is 11.6 Å². The summed E-state index contributed by atoms with van der Waals surface area (Å²) in [6.45, 7) is 3.29. The van der Waals surface area contributed by atoms with Gasteiger partial charge in [0.15, 0.2) is 0 Å². The zero-order valence-electron chi connectivity index (χ0n) is 10.7. The van der Waals surface area contributed by atoms with E-state index in [1.54, 1.807) is 13.0 Å². The lowest BCUT2D eigenvalue weighted by Gasteiger charge is -2.08. The molecule has 1 aromatic heterocycles. The number of aromatic carboxylic acids is 2. The molecule has 0 radical (unpaired) electrons. The van der Waals surface area contributed by atoms with E-state index < -0.39 is 11.9 Å². The van der Waals surface area contributed by atoms with Crippen molar-refractivity contribution in [3.8, 4) is 5.69 Å². The van der Waals surface area contributed by atoms with Crippen LogP contribution < -0.4 is 0 Å². The molecular weight excluding hydrogens is 284 g/mol. The molecule has 0 atom stereocenters. The van der Waals surface area contributed by atoms with Crippen molar-refractivity contribution in [2.24, 2.45) is 0 Å². The Balaban J connectivity index is 2.69. The van der Waals surface area contributed by atoms with Gasteiger partial charge in [-0.05, 0) is 31.5 Å². The van der Waals surface area contributed by atoms with Crippen LogP contribution in [0.25, 0.3) is 5.69 Å². The van der Waals surface area contributed by atoms with Crippen molar-refractivity contribution in [3.05, 3.63) is 45.7 Å². The van der Waals surface area contributed by atoms with Gasteiger partial charge in [-0.2, -0.15) is 5.10 Å². The number of halogens is 1. The van der Waals surface area contributed by atoms with Gasteiger partial charge >= 0.3 is 11.9 Å². The van der Waals surface area contributed by atoms with Crippen molar-refractivity contribution in [2.75, 3.05) is 0 Å². The molecule has 1 aromatic carbocycles. The van der Waals surface area contributed by atoms with Crippen molar-refractivity contribution >= 4 is 23.5 Å². The van der Waals surface area contributed by atoms with Crippen molar-refractivity contribution in [1.29, 1.82) is 0 Å². The first-order valence-electron chi connectivity index (χ1n) is 5.65. The van der Waals surface area contributed by atoms with Crippen LogP contribution in [-0.2, 0) is 0 Å². The molecule has 0 fully saturated rings. The highest BCUT2D eigenvalue weighted by Gasteiger charge is 2.21. The lowest BCUT2D eigenvalue weighted by molar-refractivity contribution is 0.0685. The minimum absolute atomic E-state index is 0.0550. The summed E-state index contributed by atoms with van der Waals surface area (Å²) in [6.07, 6.45) is 0. The fourth-order valence-electron chi connectivity index (χ4n) is 1.87. The molecule has 0 saturated heterocycles. The summed E-state index contributed by atoms with van der Waals surface area (Å²) >= 11 is 6.04. The van der Waals surface area contributed by atoms with Crippen molar-refractivity contribution in [3.63, 3.8) is 0 Å². The summed E-state index contributed by atoms with van der Waals surface area (Å²) in [5.41, 5.74) is 1.42. The third-order valence-electron chi connectivity index (χ3n) is 2.90. The van der Waals surface area contributed by atoms with E-state index in [9.17, 15) is 9.59 Å². The van der Waals surface area contributed by atoms with Crippen LogP contribution in [0.2, 0.25) is 5.15 Å². The van der Waals surface area contributed by atoms with Gasteiger partial charge in [-0.15, -0.1) is 0 Å². The highest BCUT2D eigenvalue weighted by molar-refractivity contribution is 6.33. The second kappa shape index (κ2) is 4.97. The van der Waals surface area contributed by atoms with E-state index in [1.807, 2.05) is 0 Å². The largest absolute Gasteiger partial charge is 0.478 e. The first kappa shape index (κ1) is 14.1. The number of hydrogen-bond acceptors (Lipinski definition) is 3. The van der Waals surface area contributed by atoms with Crippen LogP contribution in [0.15, 0.2) is 18.2 Å². The molecule has 0 aliphatic heterocycles. The Morgan fingerprint density at radius 2 is 1.85 bits per heavy atom. The number of benzene rings is 1. The lowest BCUT2D eigenvalue weighted by atomic mass is 10.1. The van der Waals surface area contributed by atoms with E-state index in [-0.39, 0.29) is 22.0 Å². The lowest BCUT2D eigenvalue weighted by Crippen LogP contribution is -2.04. The summed E-state index contributed by atoms with van der Waals surface area (Å²) < 4.78 is 1.24. The smallest absolute Gasteiger partial charge is 0.340 e. The van der Waals surface area contributed by atoms with Crippen LogP contribution in [0.4, 0.5) is 0 Å². The maximum atomic E-state index is 11.1. The zero-order chi connectivity index (χ0) is 15.0. The minimum Gasteiger partial charge on any atom is -0.478 e. The van der Waals surface area contributed by atoms with Crippen molar-refractivity contribution in [1.82, 2.24) is 9.78 Å². The average Bonchev–Trinajstić information content (AvgIpc) is 2.64. The molecule has 0 saturated carbocycles. The van der Waals surface area contributed by atoms with Gasteiger partial charge in [-0.25, -0.2) is 14.3 Å². The molecule has 1 heterocycles. The molecule has 2 rings (SSSR count). The average molecular weight is 295 g/mol. The number of aromatic nitrogens is 2. The van der Waals surface area contributed by atoms with Gasteiger partial charge in [0, 0.05) is 0 Å². The van der Waals surface area contributed by atoms with E-state index in [0.29, 0.717) is 5.69 Å². The summed E-state index contributed by atoms with van der Waals surface area (Å²) in [4.78, 5) is 22.1. The molecule has 2 aromatic rings. The molecule has 0 bridgehead atoms. The monoisotopic (exact) mass is 294 g/mol. The third-order valence-corrected chi connectivity index (χ3v) is 3.25. The summed E-state index contributed by atoms with van der Waals surface area (Å²) in [7, 11) is 0. The van der Waals surface area contributed by atoms with E-state index in [2.05, 4.69) is 5.10 Å². The highest BCUT2D eigenvalue weighted by atomic mass is 35.5. The summed E-state index contributed by atoms with van der Waals surface area (Å²) in [5.74, 6) is -2.25. The maximum Gasteiger partial charge on any atom is 0.340 e. The Hall–Kier alpha value is -2.34. The zero-order valence-corrected chi connectivity index (χ0v) is 11.5. The quantitative estimate of drug-likeness (QED) is 0.907.